The largest absolute Gasteiger partial charge is 0.0944 e. The Morgan fingerprint density at radius 1 is 1.33 bits per heavy atom. The lowest BCUT2D eigenvalue weighted by atomic mass is 10.0. The van der Waals surface area contributed by atoms with E-state index in [0.29, 0.717) is 0 Å². The highest BCUT2D eigenvalue weighted by atomic mass is 79.9. The van der Waals surface area contributed by atoms with Gasteiger partial charge in [0.25, 0.3) is 0 Å². The summed E-state index contributed by atoms with van der Waals surface area (Å²) in [4.78, 5) is 0. The van der Waals surface area contributed by atoms with Gasteiger partial charge in [-0.3, -0.25) is 0 Å². The van der Waals surface area contributed by atoms with Crippen molar-refractivity contribution in [1.29, 1.82) is 0 Å². The molecule has 1 heteroatoms. The number of hydrogen-bond donors (Lipinski definition) is 0. The molecule has 0 radical (unpaired) electrons. The summed E-state index contributed by atoms with van der Waals surface area (Å²) >= 11 is 3.40. The quantitative estimate of drug-likeness (QED) is 0.673. The SMILES string of the molecule is C=C(CBr)c1ccc(C)c(C)c1. The topological polar surface area (TPSA) is 0 Å². The fraction of sp³-hybridized carbons (Fsp3) is 0.273. The Morgan fingerprint density at radius 2 is 2.00 bits per heavy atom. The molecule has 0 unspecified atom stereocenters. The van der Waals surface area contributed by atoms with Crippen molar-refractivity contribution in [3.05, 3.63) is 41.5 Å². The molecule has 0 aromatic heterocycles. The molecule has 0 aliphatic heterocycles. The van der Waals surface area contributed by atoms with Gasteiger partial charge in [0.15, 0.2) is 0 Å². The van der Waals surface area contributed by atoms with E-state index in [9.17, 15) is 0 Å². The van der Waals surface area contributed by atoms with Crippen molar-refractivity contribution in [2.24, 2.45) is 0 Å². The van der Waals surface area contributed by atoms with Crippen LogP contribution in [0.15, 0.2) is 24.8 Å². The van der Waals surface area contributed by atoms with Crippen LogP contribution in [-0.4, -0.2) is 5.33 Å². The number of allylic oxidation sites excluding steroid dienone is 1. The van der Waals surface area contributed by atoms with Crippen LogP contribution in [0.3, 0.4) is 0 Å². The molecule has 0 N–H and O–H groups in total. The van der Waals surface area contributed by atoms with Crippen LogP contribution in [0.4, 0.5) is 0 Å². The van der Waals surface area contributed by atoms with Crippen LogP contribution in [0.2, 0.25) is 0 Å². The Kier molecular flexibility index (Phi) is 3.10. The summed E-state index contributed by atoms with van der Waals surface area (Å²) < 4.78 is 0. The van der Waals surface area contributed by atoms with Crippen LogP contribution in [0.5, 0.6) is 0 Å². The zero-order valence-electron chi connectivity index (χ0n) is 7.52. The first-order chi connectivity index (χ1) is 5.65. The molecular formula is C11H13Br. The molecule has 0 saturated heterocycles. The van der Waals surface area contributed by atoms with Crippen molar-refractivity contribution in [2.75, 3.05) is 5.33 Å². The predicted molar refractivity (Wildman–Crippen MR) is 58.7 cm³/mol. The molecule has 0 amide bonds. The number of benzene rings is 1. The molecule has 1 aromatic rings. The lowest BCUT2D eigenvalue weighted by Gasteiger charge is -2.05. The minimum absolute atomic E-state index is 0.843. The van der Waals surface area contributed by atoms with E-state index in [2.05, 4.69) is 54.6 Å². The van der Waals surface area contributed by atoms with Crippen molar-refractivity contribution in [3.63, 3.8) is 0 Å². The first kappa shape index (κ1) is 9.53. The van der Waals surface area contributed by atoms with Crippen molar-refractivity contribution in [1.82, 2.24) is 0 Å². The molecule has 1 rings (SSSR count). The van der Waals surface area contributed by atoms with Crippen LogP contribution in [0.25, 0.3) is 5.57 Å². The van der Waals surface area contributed by atoms with Gasteiger partial charge in [0, 0.05) is 5.33 Å². The standard InChI is InChI=1S/C11H13Br/c1-8-4-5-11(6-9(8)2)10(3)7-12/h4-6H,3,7H2,1-2H3. The molecule has 0 fully saturated rings. The normalized spacial score (nSPS) is 9.92. The number of rotatable bonds is 2. The highest BCUT2D eigenvalue weighted by Crippen LogP contribution is 2.17. The molecule has 0 heterocycles. The van der Waals surface area contributed by atoms with Gasteiger partial charge in [0.05, 0.1) is 0 Å². The third kappa shape index (κ3) is 1.98. The summed E-state index contributed by atoms with van der Waals surface area (Å²) in [7, 11) is 0. The number of alkyl halides is 1. The van der Waals surface area contributed by atoms with E-state index in [4.69, 9.17) is 0 Å². The van der Waals surface area contributed by atoms with Gasteiger partial charge in [0.1, 0.15) is 0 Å². The van der Waals surface area contributed by atoms with Gasteiger partial charge in [-0.05, 0) is 36.1 Å². The first-order valence-electron chi connectivity index (χ1n) is 3.96. The lowest BCUT2D eigenvalue weighted by Crippen LogP contribution is -1.87. The molecule has 0 aliphatic carbocycles. The van der Waals surface area contributed by atoms with E-state index >= 15 is 0 Å². The van der Waals surface area contributed by atoms with Gasteiger partial charge in [-0.1, -0.05) is 40.7 Å². The molecule has 0 bridgehead atoms. The fourth-order valence-electron chi connectivity index (χ4n) is 1.04. The van der Waals surface area contributed by atoms with Crippen molar-refractivity contribution in [2.45, 2.75) is 13.8 Å². The first-order valence-corrected chi connectivity index (χ1v) is 5.08. The molecule has 0 atom stereocenters. The van der Waals surface area contributed by atoms with Crippen molar-refractivity contribution >= 4 is 21.5 Å². The second-order valence-electron chi connectivity index (χ2n) is 3.04. The molecular weight excluding hydrogens is 212 g/mol. The van der Waals surface area contributed by atoms with Crippen LogP contribution in [0, 0.1) is 13.8 Å². The summed E-state index contributed by atoms with van der Waals surface area (Å²) in [6.45, 7) is 8.21. The molecule has 0 aliphatic rings. The Hall–Kier alpha value is -0.560. The van der Waals surface area contributed by atoms with Crippen LogP contribution in [-0.2, 0) is 0 Å². The van der Waals surface area contributed by atoms with Crippen molar-refractivity contribution in [3.8, 4) is 0 Å². The van der Waals surface area contributed by atoms with Crippen LogP contribution in [0.1, 0.15) is 16.7 Å². The minimum Gasteiger partial charge on any atom is -0.0944 e. The number of halogens is 1. The highest BCUT2D eigenvalue weighted by Gasteiger charge is 1.98. The van der Waals surface area contributed by atoms with E-state index in [1.807, 2.05) is 0 Å². The summed E-state index contributed by atoms with van der Waals surface area (Å²) in [6.07, 6.45) is 0. The maximum absolute atomic E-state index is 3.97. The predicted octanol–water partition coefficient (Wildman–Crippen LogP) is 3.71. The van der Waals surface area contributed by atoms with Gasteiger partial charge < -0.3 is 0 Å². The van der Waals surface area contributed by atoms with E-state index in [-0.39, 0.29) is 0 Å². The monoisotopic (exact) mass is 224 g/mol. The Labute approximate surface area is 82.4 Å². The van der Waals surface area contributed by atoms with Crippen LogP contribution >= 0.6 is 15.9 Å². The van der Waals surface area contributed by atoms with Gasteiger partial charge in [-0.15, -0.1) is 0 Å². The third-order valence-electron chi connectivity index (χ3n) is 2.08. The average Bonchev–Trinajstić information content (AvgIpc) is 2.08. The van der Waals surface area contributed by atoms with Crippen molar-refractivity contribution < 1.29 is 0 Å². The zero-order valence-corrected chi connectivity index (χ0v) is 9.11. The molecule has 0 saturated carbocycles. The Morgan fingerprint density at radius 3 is 2.50 bits per heavy atom. The number of hydrogen-bond acceptors (Lipinski definition) is 0. The smallest absolute Gasteiger partial charge is 0.0283 e. The third-order valence-corrected chi connectivity index (χ3v) is 2.75. The van der Waals surface area contributed by atoms with Crippen LogP contribution < -0.4 is 0 Å². The molecule has 0 nitrogen and oxygen atoms in total. The van der Waals surface area contributed by atoms with Gasteiger partial charge in [0.2, 0.25) is 0 Å². The Balaban J connectivity index is 3.05. The summed E-state index contributed by atoms with van der Waals surface area (Å²) in [6, 6.07) is 6.43. The summed E-state index contributed by atoms with van der Waals surface area (Å²) in [5, 5.41) is 0.843. The van der Waals surface area contributed by atoms with E-state index in [1.54, 1.807) is 0 Å². The Bertz CT molecular complexity index is 300. The second-order valence-corrected chi connectivity index (χ2v) is 3.60. The molecule has 0 spiro atoms. The van der Waals surface area contributed by atoms with E-state index in [1.165, 1.54) is 16.7 Å². The van der Waals surface area contributed by atoms with Gasteiger partial charge >= 0.3 is 0 Å². The van der Waals surface area contributed by atoms with E-state index < -0.39 is 0 Å². The fourth-order valence-corrected chi connectivity index (χ4v) is 1.36. The number of aryl methyl sites for hydroxylation is 2. The zero-order chi connectivity index (χ0) is 9.14. The molecule has 12 heavy (non-hydrogen) atoms. The minimum atomic E-state index is 0.843. The molecule has 64 valence electrons. The molecule has 1 aromatic carbocycles. The maximum Gasteiger partial charge on any atom is 0.0283 e. The lowest BCUT2D eigenvalue weighted by molar-refractivity contribution is 1.33. The second kappa shape index (κ2) is 3.90. The summed E-state index contributed by atoms with van der Waals surface area (Å²) in [5.74, 6) is 0. The summed E-state index contributed by atoms with van der Waals surface area (Å²) in [5.41, 5.74) is 5.03. The van der Waals surface area contributed by atoms with Gasteiger partial charge in [-0.2, -0.15) is 0 Å². The van der Waals surface area contributed by atoms with E-state index in [0.717, 1.165) is 10.9 Å². The highest BCUT2D eigenvalue weighted by molar-refractivity contribution is 9.09. The maximum atomic E-state index is 3.97. The average molecular weight is 225 g/mol. The van der Waals surface area contributed by atoms with Gasteiger partial charge in [-0.25, -0.2) is 0 Å².